The molecule has 1 saturated heterocycles. The molecule has 1 aliphatic heterocycles. The van der Waals surface area contributed by atoms with Gasteiger partial charge in [0.2, 0.25) is 0 Å². The molecule has 3 rings (SSSR count). The van der Waals surface area contributed by atoms with Gasteiger partial charge < -0.3 is 10.0 Å². The number of pyridine rings is 1. The number of carboxylic acid groups (broad SMARTS) is 1. The molecule has 1 amide bonds. The van der Waals surface area contributed by atoms with Crippen LogP contribution >= 0.6 is 0 Å². The lowest BCUT2D eigenvalue weighted by Gasteiger charge is -2.36. The Kier molecular flexibility index (Phi) is 4.74. The maximum Gasteiger partial charge on any atom is 0.303 e. The first kappa shape index (κ1) is 16.4. The van der Waals surface area contributed by atoms with E-state index in [1.165, 1.54) is 12.1 Å². The topological polar surface area (TPSA) is 70.5 Å². The molecule has 0 bridgehead atoms. The first-order valence-electron chi connectivity index (χ1n) is 8.13. The van der Waals surface area contributed by atoms with Gasteiger partial charge in [-0.05, 0) is 43.9 Å². The van der Waals surface area contributed by atoms with E-state index in [9.17, 15) is 14.0 Å². The van der Waals surface area contributed by atoms with Crippen LogP contribution in [0.3, 0.4) is 0 Å². The Morgan fingerprint density at radius 3 is 2.96 bits per heavy atom. The van der Waals surface area contributed by atoms with Crippen LogP contribution in [0.15, 0.2) is 30.5 Å². The lowest BCUT2D eigenvalue weighted by molar-refractivity contribution is -0.137. The Hall–Kier alpha value is -2.50. The first-order chi connectivity index (χ1) is 11.6. The van der Waals surface area contributed by atoms with Crippen LogP contribution in [-0.2, 0) is 4.79 Å². The SMILES string of the molecule is O=C(O)CCC1CCCCN1C(=O)c1cc(F)cc2cccnc12. The molecule has 2 heterocycles. The van der Waals surface area contributed by atoms with E-state index in [1.54, 1.807) is 23.2 Å². The fraction of sp³-hybridized carbons (Fsp3) is 0.389. The summed E-state index contributed by atoms with van der Waals surface area (Å²) in [4.78, 5) is 29.8. The quantitative estimate of drug-likeness (QED) is 0.934. The molecular formula is C18H19FN2O3. The average Bonchev–Trinajstić information content (AvgIpc) is 2.58. The van der Waals surface area contributed by atoms with Crippen molar-refractivity contribution in [3.05, 3.63) is 41.8 Å². The summed E-state index contributed by atoms with van der Waals surface area (Å²) in [5.74, 6) is -1.61. The van der Waals surface area contributed by atoms with Crippen LogP contribution in [0.25, 0.3) is 10.9 Å². The fourth-order valence-corrected chi connectivity index (χ4v) is 3.33. The molecule has 1 fully saturated rings. The molecule has 0 spiro atoms. The number of aromatic nitrogens is 1. The lowest BCUT2D eigenvalue weighted by Crippen LogP contribution is -2.44. The molecular weight excluding hydrogens is 311 g/mol. The van der Waals surface area contributed by atoms with Crippen LogP contribution in [0.5, 0.6) is 0 Å². The third-order valence-corrected chi connectivity index (χ3v) is 4.48. The fourth-order valence-electron chi connectivity index (χ4n) is 3.33. The molecule has 0 radical (unpaired) electrons. The van der Waals surface area contributed by atoms with Gasteiger partial charge in [0, 0.05) is 30.6 Å². The van der Waals surface area contributed by atoms with Crippen molar-refractivity contribution in [2.45, 2.75) is 38.1 Å². The Morgan fingerprint density at radius 2 is 2.17 bits per heavy atom. The van der Waals surface area contributed by atoms with Crippen molar-refractivity contribution < 1.29 is 19.1 Å². The Labute approximate surface area is 139 Å². The number of likely N-dealkylation sites (tertiary alicyclic amines) is 1. The normalized spacial score (nSPS) is 17.9. The van der Waals surface area contributed by atoms with E-state index in [0.717, 1.165) is 19.3 Å². The van der Waals surface area contributed by atoms with Crippen molar-refractivity contribution >= 4 is 22.8 Å². The number of halogens is 1. The first-order valence-corrected chi connectivity index (χ1v) is 8.13. The number of hydrogen-bond donors (Lipinski definition) is 1. The number of fused-ring (bicyclic) bond motifs is 1. The summed E-state index contributed by atoms with van der Waals surface area (Å²) in [6, 6.07) is 5.88. The number of piperidine rings is 1. The number of carbonyl (C=O) groups is 2. The van der Waals surface area contributed by atoms with Gasteiger partial charge >= 0.3 is 5.97 Å². The highest BCUT2D eigenvalue weighted by atomic mass is 19.1. The summed E-state index contributed by atoms with van der Waals surface area (Å²) < 4.78 is 13.9. The molecule has 126 valence electrons. The van der Waals surface area contributed by atoms with Gasteiger partial charge in [0.05, 0.1) is 11.1 Å². The zero-order chi connectivity index (χ0) is 17.1. The van der Waals surface area contributed by atoms with Crippen molar-refractivity contribution in [1.82, 2.24) is 9.88 Å². The highest BCUT2D eigenvalue weighted by molar-refractivity contribution is 6.05. The van der Waals surface area contributed by atoms with E-state index in [4.69, 9.17) is 5.11 Å². The van der Waals surface area contributed by atoms with E-state index in [1.807, 2.05) is 0 Å². The van der Waals surface area contributed by atoms with Gasteiger partial charge in [-0.1, -0.05) is 6.07 Å². The number of carboxylic acids is 1. The molecule has 2 aromatic rings. The zero-order valence-electron chi connectivity index (χ0n) is 13.2. The number of rotatable bonds is 4. The summed E-state index contributed by atoms with van der Waals surface area (Å²) in [5.41, 5.74) is 0.722. The van der Waals surface area contributed by atoms with Crippen LogP contribution < -0.4 is 0 Å². The highest BCUT2D eigenvalue weighted by Gasteiger charge is 2.29. The zero-order valence-corrected chi connectivity index (χ0v) is 13.2. The van der Waals surface area contributed by atoms with Crippen molar-refractivity contribution in [1.29, 1.82) is 0 Å². The third kappa shape index (κ3) is 3.37. The Bertz CT molecular complexity index is 778. The van der Waals surface area contributed by atoms with Gasteiger partial charge in [-0.25, -0.2) is 4.39 Å². The van der Waals surface area contributed by atoms with Gasteiger partial charge in [-0.3, -0.25) is 14.6 Å². The number of benzene rings is 1. The largest absolute Gasteiger partial charge is 0.481 e. The smallest absolute Gasteiger partial charge is 0.303 e. The number of amides is 1. The van der Waals surface area contributed by atoms with E-state index in [2.05, 4.69) is 4.98 Å². The van der Waals surface area contributed by atoms with Gasteiger partial charge in [-0.2, -0.15) is 0 Å². The maximum atomic E-state index is 13.9. The second kappa shape index (κ2) is 6.95. The Balaban J connectivity index is 1.93. The van der Waals surface area contributed by atoms with E-state index in [-0.39, 0.29) is 23.9 Å². The monoisotopic (exact) mass is 330 g/mol. The minimum absolute atomic E-state index is 0.0244. The van der Waals surface area contributed by atoms with E-state index in [0.29, 0.717) is 23.9 Å². The van der Waals surface area contributed by atoms with E-state index < -0.39 is 11.8 Å². The molecule has 1 aliphatic rings. The summed E-state index contributed by atoms with van der Waals surface area (Å²) in [6.07, 6.45) is 4.64. The van der Waals surface area contributed by atoms with E-state index >= 15 is 0 Å². The molecule has 1 atom stereocenters. The minimum atomic E-state index is -0.870. The molecule has 5 nitrogen and oxygen atoms in total. The van der Waals surface area contributed by atoms with Gasteiger partial charge in [0.25, 0.3) is 5.91 Å². The third-order valence-electron chi connectivity index (χ3n) is 4.48. The summed E-state index contributed by atoms with van der Waals surface area (Å²) in [6.45, 7) is 0.563. The second-order valence-electron chi connectivity index (χ2n) is 6.11. The van der Waals surface area contributed by atoms with Gasteiger partial charge in [0.15, 0.2) is 0 Å². The predicted molar refractivity (Wildman–Crippen MR) is 87.2 cm³/mol. The predicted octanol–water partition coefficient (Wildman–Crippen LogP) is 3.23. The Morgan fingerprint density at radius 1 is 1.33 bits per heavy atom. The van der Waals surface area contributed by atoms with Crippen LogP contribution in [-0.4, -0.2) is 39.5 Å². The molecule has 0 aliphatic carbocycles. The number of carbonyl (C=O) groups excluding carboxylic acids is 1. The minimum Gasteiger partial charge on any atom is -0.481 e. The number of nitrogens with zero attached hydrogens (tertiary/aromatic N) is 2. The summed E-state index contributed by atoms with van der Waals surface area (Å²) in [7, 11) is 0. The van der Waals surface area contributed by atoms with Crippen LogP contribution in [0.4, 0.5) is 4.39 Å². The molecule has 1 unspecified atom stereocenters. The van der Waals surface area contributed by atoms with Crippen molar-refractivity contribution in [3.63, 3.8) is 0 Å². The molecule has 0 saturated carbocycles. The van der Waals surface area contributed by atoms with Crippen LogP contribution in [0.1, 0.15) is 42.5 Å². The number of hydrogen-bond acceptors (Lipinski definition) is 3. The average molecular weight is 330 g/mol. The van der Waals surface area contributed by atoms with Crippen molar-refractivity contribution in [3.8, 4) is 0 Å². The maximum absolute atomic E-state index is 13.9. The molecule has 6 heteroatoms. The molecule has 1 aromatic carbocycles. The summed E-state index contributed by atoms with van der Waals surface area (Å²) in [5, 5.41) is 9.48. The van der Waals surface area contributed by atoms with Crippen molar-refractivity contribution in [2.75, 3.05) is 6.54 Å². The molecule has 24 heavy (non-hydrogen) atoms. The molecule has 1 aromatic heterocycles. The van der Waals surface area contributed by atoms with Crippen LogP contribution in [0.2, 0.25) is 0 Å². The lowest BCUT2D eigenvalue weighted by atomic mass is 9.96. The second-order valence-corrected chi connectivity index (χ2v) is 6.11. The van der Waals surface area contributed by atoms with Crippen LogP contribution in [0, 0.1) is 5.82 Å². The molecule has 1 N–H and O–H groups in total. The highest BCUT2D eigenvalue weighted by Crippen LogP contribution is 2.26. The van der Waals surface area contributed by atoms with Crippen molar-refractivity contribution in [2.24, 2.45) is 0 Å². The van der Waals surface area contributed by atoms with Gasteiger partial charge in [-0.15, -0.1) is 0 Å². The summed E-state index contributed by atoms with van der Waals surface area (Å²) >= 11 is 0. The van der Waals surface area contributed by atoms with Gasteiger partial charge in [0.1, 0.15) is 5.82 Å². The number of aliphatic carboxylic acids is 1. The standard InChI is InChI=1S/C18H19FN2O3/c19-13-10-12-4-3-8-20-17(12)15(11-13)18(24)21-9-2-1-5-14(21)6-7-16(22)23/h3-4,8,10-11,14H,1-2,5-7,9H2,(H,22,23).